The highest BCUT2D eigenvalue weighted by Gasteiger charge is 2.42. The molecule has 0 aliphatic carbocycles. The van der Waals surface area contributed by atoms with Gasteiger partial charge in [0, 0.05) is 12.7 Å². The first-order valence-corrected chi connectivity index (χ1v) is 11.1. The summed E-state index contributed by atoms with van der Waals surface area (Å²) in [5.41, 5.74) is 4.63. The van der Waals surface area contributed by atoms with Gasteiger partial charge in [-0.15, -0.1) is 0 Å². The number of hydrogen-bond acceptors (Lipinski definition) is 5. The molecule has 3 heterocycles. The van der Waals surface area contributed by atoms with Gasteiger partial charge in [-0.25, -0.2) is 9.37 Å². The first kappa shape index (κ1) is 21.2. The van der Waals surface area contributed by atoms with E-state index in [1.807, 2.05) is 42.0 Å². The van der Waals surface area contributed by atoms with Crippen LogP contribution in [0.25, 0.3) is 11.8 Å². The van der Waals surface area contributed by atoms with Crippen molar-refractivity contribution in [3.05, 3.63) is 83.2 Å². The zero-order valence-electron chi connectivity index (χ0n) is 19.1. The van der Waals surface area contributed by atoms with Crippen molar-refractivity contribution in [3.63, 3.8) is 0 Å². The third kappa shape index (κ3) is 3.88. The zero-order chi connectivity index (χ0) is 23.0. The van der Waals surface area contributed by atoms with Gasteiger partial charge in [0.2, 0.25) is 0 Å². The smallest absolute Gasteiger partial charge is 0.172 e. The monoisotopic (exact) mass is 446 g/mol. The first-order valence-electron chi connectivity index (χ1n) is 11.1. The number of piperidine rings is 1. The fraction of sp³-hybridized carbons (Fsp3) is 0.308. The summed E-state index contributed by atoms with van der Waals surface area (Å²) in [6, 6.07) is 12.8. The van der Waals surface area contributed by atoms with Gasteiger partial charge in [-0.1, -0.05) is 23.4 Å². The Hall–Kier alpha value is -3.61. The molecule has 0 bridgehead atoms. The number of rotatable bonds is 4. The minimum Gasteiger partial charge on any atom is -0.495 e. The van der Waals surface area contributed by atoms with Crippen LogP contribution in [-0.2, 0) is 10.4 Å². The van der Waals surface area contributed by atoms with Crippen LogP contribution in [0.3, 0.4) is 0 Å². The predicted octanol–water partition coefficient (Wildman–Crippen LogP) is 5.07. The normalized spacial score (nSPS) is 21.4. The van der Waals surface area contributed by atoms with E-state index in [0.717, 1.165) is 59.1 Å². The number of ether oxygens (including phenoxy) is 1. The fourth-order valence-corrected chi connectivity index (χ4v) is 4.64. The van der Waals surface area contributed by atoms with E-state index < -0.39 is 5.54 Å². The molecule has 6 nitrogen and oxygen atoms in total. The summed E-state index contributed by atoms with van der Waals surface area (Å²) >= 11 is 0. The molecule has 1 atom stereocenters. The van der Waals surface area contributed by atoms with Crippen molar-refractivity contribution in [1.29, 1.82) is 0 Å². The van der Waals surface area contributed by atoms with Crippen LogP contribution in [0, 0.1) is 12.7 Å². The van der Waals surface area contributed by atoms with Crippen LogP contribution < -0.4 is 4.74 Å². The first-order chi connectivity index (χ1) is 16.0. The predicted molar refractivity (Wildman–Crippen MR) is 126 cm³/mol. The van der Waals surface area contributed by atoms with Crippen molar-refractivity contribution in [2.24, 2.45) is 5.16 Å². The van der Waals surface area contributed by atoms with Crippen molar-refractivity contribution >= 4 is 11.9 Å². The summed E-state index contributed by atoms with van der Waals surface area (Å²) in [5, 5.41) is 4.43. The van der Waals surface area contributed by atoms with E-state index in [4.69, 9.17) is 9.57 Å². The topological polar surface area (TPSA) is 51.9 Å². The van der Waals surface area contributed by atoms with Crippen LogP contribution in [0.5, 0.6) is 5.75 Å². The number of fused-ring (bicyclic) bond motifs is 1. The van der Waals surface area contributed by atoms with Gasteiger partial charge in [-0.2, -0.15) is 0 Å². The molecule has 1 unspecified atom stereocenters. The summed E-state index contributed by atoms with van der Waals surface area (Å²) in [4.78, 5) is 12.3. The van der Waals surface area contributed by atoms with Gasteiger partial charge in [0.05, 0.1) is 24.8 Å². The molecule has 3 aromatic rings. The fourth-order valence-electron chi connectivity index (χ4n) is 4.64. The Balaban J connectivity index is 1.48. The molecular formula is C26H27FN4O2. The van der Waals surface area contributed by atoms with Crippen LogP contribution in [0.4, 0.5) is 4.39 Å². The summed E-state index contributed by atoms with van der Waals surface area (Å²) in [6.07, 6.45) is 7.82. The molecule has 0 radical (unpaired) electrons. The molecule has 2 aromatic carbocycles. The van der Waals surface area contributed by atoms with Crippen molar-refractivity contribution < 1.29 is 14.0 Å². The lowest BCUT2D eigenvalue weighted by atomic mass is 9.86. The molecule has 170 valence electrons. The highest BCUT2D eigenvalue weighted by Crippen LogP contribution is 2.37. The Morgan fingerprint density at radius 1 is 1.18 bits per heavy atom. The van der Waals surface area contributed by atoms with E-state index in [9.17, 15) is 4.39 Å². The Labute approximate surface area is 192 Å². The average Bonchev–Trinajstić information content (AvgIpc) is 3.26. The van der Waals surface area contributed by atoms with Gasteiger partial charge in [0.25, 0.3) is 0 Å². The highest BCUT2D eigenvalue weighted by molar-refractivity contribution is 6.03. The Morgan fingerprint density at radius 2 is 2.00 bits per heavy atom. The van der Waals surface area contributed by atoms with Crippen molar-refractivity contribution in [3.8, 4) is 11.4 Å². The molecule has 5 rings (SSSR count). The number of benzene rings is 2. The molecule has 2 aliphatic rings. The maximum atomic E-state index is 13.5. The molecule has 7 heteroatoms. The lowest BCUT2D eigenvalue weighted by Crippen LogP contribution is -2.55. The third-order valence-corrected chi connectivity index (χ3v) is 6.46. The lowest BCUT2D eigenvalue weighted by Gasteiger charge is -2.47. The van der Waals surface area contributed by atoms with Gasteiger partial charge in [-0.05, 0) is 73.7 Å². The molecule has 0 N–H and O–H groups in total. The number of halogens is 1. The van der Waals surface area contributed by atoms with Crippen LogP contribution in [0.1, 0.15) is 36.6 Å². The van der Waals surface area contributed by atoms with E-state index in [0.29, 0.717) is 6.61 Å². The van der Waals surface area contributed by atoms with Gasteiger partial charge in [0.15, 0.2) is 5.84 Å². The van der Waals surface area contributed by atoms with E-state index in [-0.39, 0.29) is 5.82 Å². The van der Waals surface area contributed by atoms with Gasteiger partial charge < -0.3 is 19.0 Å². The summed E-state index contributed by atoms with van der Waals surface area (Å²) in [7, 11) is 1.68. The van der Waals surface area contributed by atoms with Crippen LogP contribution >= 0.6 is 0 Å². The number of oxime groups is 1. The number of aromatic nitrogens is 2. The molecule has 1 aromatic heterocycles. The quantitative estimate of drug-likeness (QED) is 0.562. The lowest BCUT2D eigenvalue weighted by molar-refractivity contribution is 0.00241. The van der Waals surface area contributed by atoms with Gasteiger partial charge >= 0.3 is 0 Å². The molecule has 0 amide bonds. The number of imidazole rings is 1. The van der Waals surface area contributed by atoms with Gasteiger partial charge in [-0.3, -0.25) is 0 Å². The van der Waals surface area contributed by atoms with Crippen molar-refractivity contribution in [1.82, 2.24) is 14.5 Å². The number of hydrogen-bond donors (Lipinski definition) is 0. The minimum atomic E-state index is -0.412. The maximum absolute atomic E-state index is 13.5. The average molecular weight is 447 g/mol. The van der Waals surface area contributed by atoms with Gasteiger partial charge in [0.1, 0.15) is 23.7 Å². The second kappa shape index (κ2) is 8.39. The van der Waals surface area contributed by atoms with Crippen LogP contribution in [0.15, 0.2) is 65.7 Å². The SMILES string of the molecule is COc1cc(/C=C2\CCCN3C2=NOCC3(C)c2ccc(F)cc2)ccc1-n1cnc(C)c1. The number of nitrogens with zero attached hydrogens (tertiary/aromatic N) is 4. The second-order valence-electron chi connectivity index (χ2n) is 8.75. The summed E-state index contributed by atoms with van der Waals surface area (Å²) in [6.45, 7) is 5.38. The van der Waals surface area contributed by atoms with E-state index in [2.05, 4.69) is 34.1 Å². The minimum absolute atomic E-state index is 0.240. The Kier molecular flexibility index (Phi) is 5.40. The molecule has 0 saturated carbocycles. The Morgan fingerprint density at radius 3 is 2.73 bits per heavy atom. The highest BCUT2D eigenvalue weighted by atomic mass is 19.1. The summed E-state index contributed by atoms with van der Waals surface area (Å²) < 4.78 is 21.2. The Bertz CT molecular complexity index is 1230. The molecule has 1 saturated heterocycles. The van der Waals surface area contributed by atoms with Crippen molar-refractivity contribution in [2.75, 3.05) is 20.3 Å². The second-order valence-corrected chi connectivity index (χ2v) is 8.75. The van der Waals surface area contributed by atoms with Crippen LogP contribution in [0.2, 0.25) is 0 Å². The largest absolute Gasteiger partial charge is 0.495 e. The number of methoxy groups -OCH3 is 1. The number of amidine groups is 1. The van der Waals surface area contributed by atoms with Crippen molar-refractivity contribution in [2.45, 2.75) is 32.2 Å². The summed E-state index contributed by atoms with van der Waals surface area (Å²) in [5.74, 6) is 1.37. The molecule has 2 aliphatic heterocycles. The van der Waals surface area contributed by atoms with E-state index in [1.165, 1.54) is 12.1 Å². The third-order valence-electron chi connectivity index (χ3n) is 6.46. The maximum Gasteiger partial charge on any atom is 0.172 e. The van der Waals surface area contributed by atoms with E-state index >= 15 is 0 Å². The van der Waals surface area contributed by atoms with E-state index in [1.54, 1.807) is 13.4 Å². The molecule has 1 fully saturated rings. The standard InChI is InChI=1S/C26H27FN4O2/c1-18-15-30(17-28-18)23-11-6-19(14-24(23)32-3)13-20-5-4-12-31-25(20)29-33-16-26(31,2)21-7-9-22(27)10-8-21/h6-11,13-15,17H,4-5,12,16H2,1-3H3/b20-13+. The number of aryl methyl sites for hydroxylation is 1. The zero-order valence-corrected chi connectivity index (χ0v) is 19.1. The molecule has 0 spiro atoms. The molecular weight excluding hydrogens is 419 g/mol. The van der Waals surface area contributed by atoms with Crippen LogP contribution in [-0.4, -0.2) is 40.5 Å². The molecule has 33 heavy (non-hydrogen) atoms.